The maximum Gasteiger partial charge on any atom is 0.178 e. The van der Waals surface area contributed by atoms with Gasteiger partial charge < -0.3 is 14.8 Å². The Bertz CT molecular complexity index is 1090. The number of nitrogens with zero attached hydrogens (tertiary/aromatic N) is 2. The molecular formula is C22H23ClN4O2. The lowest BCUT2D eigenvalue weighted by molar-refractivity contribution is 0.230. The molecule has 0 fully saturated rings. The van der Waals surface area contributed by atoms with Gasteiger partial charge in [0.25, 0.3) is 0 Å². The van der Waals surface area contributed by atoms with Crippen LogP contribution >= 0.6 is 11.6 Å². The van der Waals surface area contributed by atoms with Crippen molar-refractivity contribution >= 4 is 34.5 Å². The SMILES string of the molecule is CCc1[nH]nc2c1N=C(c1ccccc1Cl)c1cc(OC)c(OC(C)C)cc1N2. The molecule has 3 aromatic rings. The highest BCUT2D eigenvalue weighted by Gasteiger charge is 2.25. The van der Waals surface area contributed by atoms with Crippen LogP contribution in [-0.2, 0) is 6.42 Å². The summed E-state index contributed by atoms with van der Waals surface area (Å²) in [5.74, 6) is 1.96. The highest BCUT2D eigenvalue weighted by atomic mass is 35.5. The van der Waals surface area contributed by atoms with Crippen molar-refractivity contribution in [3.05, 3.63) is 58.2 Å². The van der Waals surface area contributed by atoms with E-state index in [2.05, 4.69) is 22.4 Å². The number of halogens is 1. The Labute approximate surface area is 174 Å². The second-order valence-electron chi connectivity index (χ2n) is 7.03. The molecule has 29 heavy (non-hydrogen) atoms. The first kappa shape index (κ1) is 19.3. The highest BCUT2D eigenvalue weighted by molar-refractivity contribution is 6.36. The largest absolute Gasteiger partial charge is 0.493 e. The number of rotatable bonds is 5. The number of methoxy groups -OCH3 is 1. The van der Waals surface area contributed by atoms with Crippen molar-refractivity contribution in [1.82, 2.24) is 10.2 Å². The van der Waals surface area contributed by atoms with E-state index in [9.17, 15) is 0 Å². The van der Waals surface area contributed by atoms with Crippen molar-refractivity contribution < 1.29 is 9.47 Å². The summed E-state index contributed by atoms with van der Waals surface area (Å²) in [6.45, 7) is 6.02. The Balaban J connectivity index is 1.99. The minimum absolute atomic E-state index is 0.0112. The third-order valence-electron chi connectivity index (χ3n) is 4.69. The molecular weight excluding hydrogens is 388 g/mol. The van der Waals surface area contributed by atoms with Gasteiger partial charge in [-0.2, -0.15) is 5.10 Å². The zero-order valence-corrected chi connectivity index (χ0v) is 17.6. The van der Waals surface area contributed by atoms with Crippen LogP contribution in [0.5, 0.6) is 11.5 Å². The molecule has 0 atom stereocenters. The summed E-state index contributed by atoms with van der Waals surface area (Å²) in [5.41, 5.74) is 5.02. The lowest BCUT2D eigenvalue weighted by Crippen LogP contribution is -2.10. The Kier molecular flexibility index (Phi) is 5.20. The predicted octanol–water partition coefficient (Wildman–Crippen LogP) is 5.65. The van der Waals surface area contributed by atoms with E-state index >= 15 is 0 Å². The molecule has 0 amide bonds. The molecule has 2 aromatic carbocycles. The van der Waals surface area contributed by atoms with Crippen LogP contribution in [0.25, 0.3) is 0 Å². The number of aromatic amines is 1. The van der Waals surface area contributed by atoms with E-state index in [4.69, 9.17) is 26.1 Å². The topological polar surface area (TPSA) is 71.5 Å². The number of anilines is 2. The van der Waals surface area contributed by atoms with Gasteiger partial charge in [0.2, 0.25) is 0 Å². The fraction of sp³-hybridized carbons (Fsp3) is 0.273. The first-order valence-electron chi connectivity index (χ1n) is 9.58. The van der Waals surface area contributed by atoms with Crippen molar-refractivity contribution in [2.75, 3.05) is 12.4 Å². The normalized spacial score (nSPS) is 12.6. The predicted molar refractivity (Wildman–Crippen MR) is 117 cm³/mol. The smallest absolute Gasteiger partial charge is 0.178 e. The van der Waals surface area contributed by atoms with Gasteiger partial charge in [0.05, 0.1) is 30.3 Å². The van der Waals surface area contributed by atoms with Crippen molar-refractivity contribution in [2.24, 2.45) is 4.99 Å². The number of ether oxygens (including phenoxy) is 2. The fourth-order valence-electron chi connectivity index (χ4n) is 3.35. The van der Waals surface area contributed by atoms with Crippen molar-refractivity contribution in [1.29, 1.82) is 0 Å². The molecule has 0 bridgehead atoms. The molecule has 0 saturated heterocycles. The molecule has 0 radical (unpaired) electrons. The number of H-pyrrole nitrogens is 1. The third-order valence-corrected chi connectivity index (χ3v) is 5.02. The van der Waals surface area contributed by atoms with Crippen LogP contribution in [-0.4, -0.2) is 29.1 Å². The van der Waals surface area contributed by atoms with E-state index in [1.54, 1.807) is 7.11 Å². The second kappa shape index (κ2) is 7.79. The summed E-state index contributed by atoms with van der Waals surface area (Å²) in [4.78, 5) is 4.99. The van der Waals surface area contributed by atoms with E-state index in [1.165, 1.54) is 0 Å². The van der Waals surface area contributed by atoms with Crippen LogP contribution in [0.2, 0.25) is 5.02 Å². The molecule has 0 aliphatic carbocycles. The lowest BCUT2D eigenvalue weighted by Gasteiger charge is -2.18. The quantitative estimate of drug-likeness (QED) is 0.446. The molecule has 0 saturated carbocycles. The Morgan fingerprint density at radius 1 is 1.10 bits per heavy atom. The second-order valence-corrected chi connectivity index (χ2v) is 7.44. The number of hydrogen-bond acceptors (Lipinski definition) is 5. The molecule has 2 heterocycles. The third kappa shape index (κ3) is 3.56. The molecule has 1 aromatic heterocycles. The van der Waals surface area contributed by atoms with Gasteiger partial charge in [-0.1, -0.05) is 36.7 Å². The first-order valence-corrected chi connectivity index (χ1v) is 9.96. The number of nitrogens with one attached hydrogen (secondary N) is 2. The van der Waals surface area contributed by atoms with E-state index in [0.717, 1.165) is 40.3 Å². The summed E-state index contributed by atoms with van der Waals surface area (Å²) in [5, 5.41) is 11.5. The number of hydrogen-bond donors (Lipinski definition) is 2. The standard InChI is InChI=1S/C22H23ClN4O2/c1-5-16-21-22(27-26-16)24-17-11-19(29-12(2)3)18(28-4)10-14(17)20(25-21)13-8-6-7-9-15(13)23/h6-12H,5H2,1-4H3,(H2,24,26,27). The van der Waals surface area contributed by atoms with E-state index in [-0.39, 0.29) is 6.10 Å². The summed E-state index contributed by atoms with van der Waals surface area (Å²) in [7, 11) is 1.63. The zero-order valence-electron chi connectivity index (χ0n) is 16.8. The van der Waals surface area contributed by atoms with Crippen molar-refractivity contribution in [2.45, 2.75) is 33.3 Å². The van der Waals surface area contributed by atoms with E-state index < -0.39 is 0 Å². The van der Waals surface area contributed by atoms with Gasteiger partial charge in [-0.05, 0) is 32.4 Å². The van der Waals surface area contributed by atoms with Crippen LogP contribution in [0, 0.1) is 0 Å². The average molecular weight is 411 g/mol. The number of benzene rings is 2. The number of aromatic nitrogens is 2. The van der Waals surface area contributed by atoms with Gasteiger partial charge in [-0.25, -0.2) is 4.99 Å². The minimum Gasteiger partial charge on any atom is -0.493 e. The number of fused-ring (bicyclic) bond motifs is 2. The summed E-state index contributed by atoms with van der Waals surface area (Å²) in [6, 6.07) is 11.5. The summed E-state index contributed by atoms with van der Waals surface area (Å²) >= 11 is 6.55. The molecule has 1 aliphatic heterocycles. The molecule has 7 heteroatoms. The molecule has 2 N–H and O–H groups in total. The summed E-state index contributed by atoms with van der Waals surface area (Å²) < 4.78 is 11.6. The Hall–Kier alpha value is -2.99. The van der Waals surface area contributed by atoms with Crippen LogP contribution in [0.3, 0.4) is 0 Å². The molecule has 0 unspecified atom stereocenters. The van der Waals surface area contributed by atoms with Gasteiger partial charge in [-0.3, -0.25) is 5.10 Å². The minimum atomic E-state index is 0.0112. The molecule has 1 aliphatic rings. The maximum atomic E-state index is 6.55. The molecule has 0 spiro atoms. The highest BCUT2D eigenvalue weighted by Crippen LogP contribution is 2.42. The van der Waals surface area contributed by atoms with Gasteiger partial charge in [0, 0.05) is 22.2 Å². The van der Waals surface area contributed by atoms with Gasteiger partial charge in [-0.15, -0.1) is 0 Å². The fourth-order valence-corrected chi connectivity index (χ4v) is 3.57. The van der Waals surface area contributed by atoms with Crippen LogP contribution in [0.4, 0.5) is 17.2 Å². The van der Waals surface area contributed by atoms with E-state index in [1.807, 2.05) is 50.2 Å². The zero-order chi connectivity index (χ0) is 20.5. The van der Waals surface area contributed by atoms with Crippen molar-refractivity contribution in [3.63, 3.8) is 0 Å². The van der Waals surface area contributed by atoms with Gasteiger partial charge in [0.15, 0.2) is 17.3 Å². The number of aliphatic imine (C=N–C) groups is 1. The molecule has 150 valence electrons. The Morgan fingerprint density at radius 3 is 2.59 bits per heavy atom. The molecule has 6 nitrogen and oxygen atoms in total. The van der Waals surface area contributed by atoms with Gasteiger partial charge in [0.1, 0.15) is 5.69 Å². The van der Waals surface area contributed by atoms with Crippen molar-refractivity contribution in [3.8, 4) is 11.5 Å². The Morgan fingerprint density at radius 2 is 1.90 bits per heavy atom. The van der Waals surface area contributed by atoms with Crippen LogP contribution in [0.15, 0.2) is 41.4 Å². The lowest BCUT2D eigenvalue weighted by atomic mass is 9.99. The first-order chi connectivity index (χ1) is 14.0. The molecule has 4 rings (SSSR count). The van der Waals surface area contributed by atoms with Crippen LogP contribution < -0.4 is 14.8 Å². The number of aryl methyl sites for hydroxylation is 1. The summed E-state index contributed by atoms with van der Waals surface area (Å²) in [6.07, 6.45) is 0.794. The van der Waals surface area contributed by atoms with E-state index in [0.29, 0.717) is 22.3 Å². The monoisotopic (exact) mass is 410 g/mol. The van der Waals surface area contributed by atoms with Gasteiger partial charge >= 0.3 is 0 Å². The maximum absolute atomic E-state index is 6.55. The average Bonchev–Trinajstić information content (AvgIpc) is 3.01. The van der Waals surface area contributed by atoms with Crippen LogP contribution in [0.1, 0.15) is 37.6 Å².